The summed E-state index contributed by atoms with van der Waals surface area (Å²) in [6.45, 7) is 17.4. The fourth-order valence-electron chi connectivity index (χ4n) is 6.59. The number of carbonyl (C=O) groups excluding carboxylic acids is 1. The Bertz CT molecular complexity index is 1820. The normalized spacial score (nSPS) is 16.1. The van der Waals surface area contributed by atoms with E-state index in [1.54, 1.807) is 4.90 Å². The summed E-state index contributed by atoms with van der Waals surface area (Å²) >= 11 is 5.63. The van der Waals surface area contributed by atoms with E-state index in [0.717, 1.165) is 68.0 Å². The van der Waals surface area contributed by atoms with Crippen LogP contribution in [0.1, 0.15) is 84.9 Å². The lowest BCUT2D eigenvalue weighted by atomic mass is 9.87. The number of halogens is 1. The van der Waals surface area contributed by atoms with Crippen LogP contribution in [-0.2, 0) is 20.7 Å². The number of hydrogen-bond acceptors (Lipinski definition) is 5. The van der Waals surface area contributed by atoms with E-state index in [0.29, 0.717) is 51.7 Å². The van der Waals surface area contributed by atoms with Gasteiger partial charge >= 0.3 is 0 Å². The van der Waals surface area contributed by atoms with Gasteiger partial charge in [-0.15, -0.1) is 11.6 Å². The van der Waals surface area contributed by atoms with Crippen molar-refractivity contribution in [3.63, 3.8) is 0 Å². The van der Waals surface area contributed by atoms with Crippen molar-refractivity contribution in [2.75, 3.05) is 45.9 Å². The maximum absolute atomic E-state index is 13.2. The average Bonchev–Trinajstić information content (AvgIpc) is 3.73. The number of nitrogens with one attached hydrogen (secondary N) is 2. The third-order valence-electron chi connectivity index (χ3n) is 9.52. The highest BCUT2D eigenvalue weighted by Crippen LogP contribution is 2.41. The number of rotatable bonds is 13. The molecule has 3 aromatic heterocycles. The molecule has 5 heterocycles. The second-order valence-electron chi connectivity index (χ2n) is 12.6. The Labute approximate surface area is 283 Å². The quantitative estimate of drug-likeness (QED) is 0.143. The standard InChI is InChI=1S/C38H48ClN5O3/c1-8-28-25(5)34-22-37-29(9-2)24(4)32(42-37)21-33-26(6)30(10-11-38(45)44(7)13-15-47-17-16-46-14-12-39)35(41-33)19-27-18-23(3)31(40-27)20-36(28)43-34/h9,18-22,26,30,40,43H,2,8,10-17H2,1,3-7H3/t26-,30-/m0/s1. The van der Waals surface area contributed by atoms with Gasteiger partial charge in [0, 0.05) is 76.8 Å². The van der Waals surface area contributed by atoms with Crippen molar-refractivity contribution in [1.82, 2.24) is 24.8 Å². The summed E-state index contributed by atoms with van der Waals surface area (Å²) in [6, 6.07) is 10.8. The fourth-order valence-corrected chi connectivity index (χ4v) is 6.70. The third kappa shape index (κ3) is 7.72. The number of fused-ring (bicyclic) bond motifs is 8. The van der Waals surface area contributed by atoms with E-state index in [1.165, 1.54) is 11.1 Å². The molecule has 3 aromatic rings. The molecule has 0 saturated heterocycles. The van der Waals surface area contributed by atoms with Gasteiger partial charge in [0.05, 0.1) is 37.8 Å². The molecule has 0 fully saturated rings. The smallest absolute Gasteiger partial charge is 0.222 e. The topological polar surface area (TPSA) is 96.1 Å². The van der Waals surface area contributed by atoms with Crippen molar-refractivity contribution in [2.24, 2.45) is 0 Å². The monoisotopic (exact) mass is 657 g/mol. The average molecular weight is 658 g/mol. The second kappa shape index (κ2) is 15.5. The zero-order valence-corrected chi connectivity index (χ0v) is 29.4. The molecular formula is C38H48ClN5O3. The van der Waals surface area contributed by atoms with E-state index >= 15 is 0 Å². The predicted molar refractivity (Wildman–Crippen MR) is 193 cm³/mol. The number of aromatic nitrogens is 4. The summed E-state index contributed by atoms with van der Waals surface area (Å²) < 4.78 is 11.0. The van der Waals surface area contributed by atoms with Crippen molar-refractivity contribution >= 4 is 50.7 Å². The number of nitrogens with zero attached hydrogens (tertiary/aromatic N) is 3. The van der Waals surface area contributed by atoms with Gasteiger partial charge in [-0.05, 0) is 86.2 Å². The van der Waals surface area contributed by atoms with E-state index in [4.69, 9.17) is 31.0 Å². The molecule has 5 rings (SSSR count). The Kier molecular flexibility index (Phi) is 11.4. The molecule has 2 aliphatic rings. The fraction of sp³-hybridized carbons (Fsp3) is 0.447. The number of carbonyl (C=O) groups is 1. The van der Waals surface area contributed by atoms with Gasteiger partial charge < -0.3 is 24.3 Å². The number of aromatic amines is 2. The van der Waals surface area contributed by atoms with Gasteiger partial charge in [0.1, 0.15) is 0 Å². The molecule has 2 N–H and O–H groups in total. The molecule has 1 amide bonds. The highest BCUT2D eigenvalue weighted by molar-refractivity contribution is 6.17. The Morgan fingerprint density at radius 2 is 1.72 bits per heavy atom. The third-order valence-corrected chi connectivity index (χ3v) is 9.67. The van der Waals surface area contributed by atoms with Crippen LogP contribution in [0.3, 0.4) is 0 Å². The molecule has 9 heteroatoms. The Morgan fingerprint density at radius 3 is 2.45 bits per heavy atom. The SMILES string of the molecule is C=CC1=C(C)c2cc3nc(cc4cc(C)c(cc5[nH]c(cc1n2)c(C)c5CC)[nH]4)[C@@H](CCC(=O)N(C)CCOCCOCCCl)[C@@H]3C. The van der Waals surface area contributed by atoms with Crippen molar-refractivity contribution in [3.8, 4) is 0 Å². The predicted octanol–water partition coefficient (Wildman–Crippen LogP) is 8.01. The van der Waals surface area contributed by atoms with Crippen molar-refractivity contribution < 1.29 is 14.3 Å². The minimum absolute atomic E-state index is 0.0840. The summed E-state index contributed by atoms with van der Waals surface area (Å²) in [5.41, 5.74) is 13.8. The number of aryl methyl sites for hydroxylation is 3. The summed E-state index contributed by atoms with van der Waals surface area (Å²) in [5.74, 6) is 0.764. The zero-order valence-electron chi connectivity index (χ0n) is 28.6. The first-order chi connectivity index (χ1) is 22.6. The van der Waals surface area contributed by atoms with Crippen LogP contribution in [-0.4, -0.2) is 76.6 Å². The Balaban J connectivity index is 1.50. The minimum Gasteiger partial charge on any atom is -0.378 e. The molecule has 8 nitrogen and oxygen atoms in total. The first-order valence-corrected chi connectivity index (χ1v) is 17.2. The number of hydrogen-bond donors (Lipinski definition) is 2. The molecule has 47 heavy (non-hydrogen) atoms. The Morgan fingerprint density at radius 1 is 0.957 bits per heavy atom. The van der Waals surface area contributed by atoms with Gasteiger partial charge in [0.15, 0.2) is 0 Å². The summed E-state index contributed by atoms with van der Waals surface area (Å²) in [4.78, 5) is 32.5. The molecule has 2 aliphatic heterocycles. The van der Waals surface area contributed by atoms with E-state index < -0.39 is 0 Å². The van der Waals surface area contributed by atoms with Gasteiger partial charge in [-0.1, -0.05) is 26.5 Å². The molecule has 0 spiro atoms. The molecule has 0 aliphatic carbocycles. The molecule has 250 valence electrons. The molecule has 0 radical (unpaired) electrons. The maximum Gasteiger partial charge on any atom is 0.222 e. The van der Waals surface area contributed by atoms with E-state index in [-0.39, 0.29) is 17.7 Å². The lowest BCUT2D eigenvalue weighted by molar-refractivity contribution is -0.130. The van der Waals surface area contributed by atoms with E-state index in [1.807, 2.05) is 13.1 Å². The molecule has 0 saturated carbocycles. The molecular weight excluding hydrogens is 610 g/mol. The molecule has 0 aromatic carbocycles. The Hall–Kier alpha value is -3.72. The van der Waals surface area contributed by atoms with E-state index in [9.17, 15) is 4.79 Å². The van der Waals surface area contributed by atoms with Crippen LogP contribution >= 0.6 is 11.6 Å². The highest BCUT2D eigenvalue weighted by atomic mass is 35.5. The van der Waals surface area contributed by atoms with Crippen molar-refractivity contribution in [2.45, 2.75) is 65.7 Å². The van der Waals surface area contributed by atoms with Crippen molar-refractivity contribution in [3.05, 3.63) is 82.5 Å². The number of H-pyrrole nitrogens is 2. The second-order valence-corrected chi connectivity index (χ2v) is 12.9. The van der Waals surface area contributed by atoms with Crippen LogP contribution in [0, 0.1) is 13.8 Å². The van der Waals surface area contributed by atoms with E-state index in [2.05, 4.69) is 81.5 Å². The number of ether oxygens (including phenoxy) is 2. The van der Waals surface area contributed by atoms with Gasteiger partial charge in [0.2, 0.25) is 5.91 Å². The van der Waals surface area contributed by atoms with Crippen LogP contribution in [0.5, 0.6) is 0 Å². The van der Waals surface area contributed by atoms with Crippen molar-refractivity contribution in [1.29, 1.82) is 0 Å². The minimum atomic E-state index is 0.0840. The summed E-state index contributed by atoms with van der Waals surface area (Å²) in [7, 11) is 1.83. The number of likely N-dealkylation sites (N-methyl/N-ethyl adjacent to an activating group) is 1. The van der Waals surface area contributed by atoms with Crippen LogP contribution in [0.15, 0.2) is 43.0 Å². The number of allylic oxidation sites excluding steroid dienone is 3. The van der Waals surface area contributed by atoms with Crippen LogP contribution in [0.4, 0.5) is 0 Å². The first-order valence-electron chi connectivity index (χ1n) is 16.7. The van der Waals surface area contributed by atoms with Gasteiger partial charge in [0.25, 0.3) is 0 Å². The first kappa shape index (κ1) is 34.6. The lowest BCUT2D eigenvalue weighted by Gasteiger charge is -2.20. The van der Waals surface area contributed by atoms with Crippen LogP contribution < -0.4 is 0 Å². The highest BCUT2D eigenvalue weighted by Gasteiger charge is 2.30. The lowest BCUT2D eigenvalue weighted by Crippen LogP contribution is -2.30. The maximum atomic E-state index is 13.2. The van der Waals surface area contributed by atoms with Crippen LogP contribution in [0.25, 0.3) is 33.2 Å². The summed E-state index contributed by atoms with van der Waals surface area (Å²) in [6.07, 6.45) is 3.93. The van der Waals surface area contributed by atoms with Crippen LogP contribution in [0.2, 0.25) is 0 Å². The van der Waals surface area contributed by atoms with Gasteiger partial charge in [-0.2, -0.15) is 0 Å². The zero-order chi connectivity index (χ0) is 33.7. The molecule has 8 bridgehead atoms. The number of amides is 1. The largest absolute Gasteiger partial charge is 0.378 e. The van der Waals surface area contributed by atoms with Gasteiger partial charge in [-0.25, -0.2) is 4.98 Å². The van der Waals surface area contributed by atoms with Gasteiger partial charge in [-0.3, -0.25) is 9.78 Å². The number of alkyl halides is 1. The molecule has 0 unspecified atom stereocenters. The summed E-state index contributed by atoms with van der Waals surface area (Å²) in [5, 5.41) is 0. The molecule has 2 atom stereocenters.